The van der Waals surface area contributed by atoms with E-state index in [-0.39, 0.29) is 5.91 Å². The number of amides is 1. The topological polar surface area (TPSA) is 78.7 Å². The standard InChI is InChI=1S/C19H14N4O/c20-12-14-3-1-4-16(11-14)19(24)23-13-17-5-2-8-22-18(17)15-6-9-21-10-7-15/h1-11H,13H2,(H,23,24). The lowest BCUT2D eigenvalue weighted by Gasteiger charge is -2.10. The van der Waals surface area contributed by atoms with Gasteiger partial charge in [0.05, 0.1) is 17.3 Å². The van der Waals surface area contributed by atoms with Gasteiger partial charge in [-0.25, -0.2) is 0 Å². The molecule has 0 aliphatic heterocycles. The van der Waals surface area contributed by atoms with Crippen LogP contribution in [-0.4, -0.2) is 15.9 Å². The van der Waals surface area contributed by atoms with Crippen molar-refractivity contribution in [3.63, 3.8) is 0 Å². The van der Waals surface area contributed by atoms with Crippen molar-refractivity contribution < 1.29 is 4.79 Å². The van der Waals surface area contributed by atoms with Gasteiger partial charge in [-0.1, -0.05) is 12.1 Å². The molecule has 0 unspecified atom stereocenters. The SMILES string of the molecule is N#Cc1cccc(C(=O)NCc2cccnc2-c2ccncc2)c1. The summed E-state index contributed by atoms with van der Waals surface area (Å²) in [6.07, 6.45) is 5.14. The average molecular weight is 314 g/mol. The van der Waals surface area contributed by atoms with E-state index in [9.17, 15) is 4.79 Å². The predicted molar refractivity (Wildman–Crippen MR) is 89.8 cm³/mol. The normalized spacial score (nSPS) is 9.96. The fraction of sp³-hybridized carbons (Fsp3) is 0.0526. The second-order valence-corrected chi connectivity index (χ2v) is 5.12. The summed E-state index contributed by atoms with van der Waals surface area (Å²) in [5, 5.41) is 11.8. The summed E-state index contributed by atoms with van der Waals surface area (Å²) in [6.45, 7) is 0.348. The second-order valence-electron chi connectivity index (χ2n) is 5.12. The van der Waals surface area contributed by atoms with Crippen LogP contribution in [-0.2, 0) is 6.54 Å². The van der Waals surface area contributed by atoms with E-state index in [0.717, 1.165) is 16.8 Å². The lowest BCUT2D eigenvalue weighted by atomic mass is 10.1. The lowest BCUT2D eigenvalue weighted by molar-refractivity contribution is 0.0951. The van der Waals surface area contributed by atoms with E-state index in [4.69, 9.17) is 5.26 Å². The Bertz CT molecular complexity index is 900. The third-order valence-electron chi connectivity index (χ3n) is 3.54. The predicted octanol–water partition coefficient (Wildman–Crippen LogP) is 2.95. The van der Waals surface area contributed by atoms with Crippen molar-refractivity contribution in [1.29, 1.82) is 5.26 Å². The van der Waals surface area contributed by atoms with Gasteiger partial charge in [-0.3, -0.25) is 14.8 Å². The van der Waals surface area contributed by atoms with Crippen molar-refractivity contribution >= 4 is 5.91 Å². The first-order valence-electron chi connectivity index (χ1n) is 7.40. The van der Waals surface area contributed by atoms with Crippen molar-refractivity contribution in [3.8, 4) is 17.3 Å². The molecule has 3 aromatic rings. The quantitative estimate of drug-likeness (QED) is 0.803. The van der Waals surface area contributed by atoms with Gasteiger partial charge in [0, 0.05) is 36.3 Å². The molecule has 2 heterocycles. The third kappa shape index (κ3) is 3.45. The molecule has 0 spiro atoms. The maximum absolute atomic E-state index is 12.3. The molecule has 0 fully saturated rings. The summed E-state index contributed by atoms with van der Waals surface area (Å²) in [7, 11) is 0. The van der Waals surface area contributed by atoms with E-state index < -0.39 is 0 Å². The average Bonchev–Trinajstić information content (AvgIpc) is 2.67. The van der Waals surface area contributed by atoms with Crippen LogP contribution < -0.4 is 5.32 Å². The van der Waals surface area contributed by atoms with E-state index in [2.05, 4.69) is 15.3 Å². The highest BCUT2D eigenvalue weighted by molar-refractivity contribution is 5.94. The minimum absolute atomic E-state index is 0.225. The highest BCUT2D eigenvalue weighted by Gasteiger charge is 2.09. The van der Waals surface area contributed by atoms with Gasteiger partial charge in [0.1, 0.15) is 0 Å². The summed E-state index contributed by atoms with van der Waals surface area (Å²) in [5.74, 6) is -0.225. The molecular weight excluding hydrogens is 300 g/mol. The molecule has 0 aliphatic carbocycles. The maximum atomic E-state index is 12.3. The van der Waals surface area contributed by atoms with Crippen LogP contribution in [0.15, 0.2) is 67.1 Å². The van der Waals surface area contributed by atoms with Gasteiger partial charge in [-0.05, 0) is 42.0 Å². The van der Waals surface area contributed by atoms with Crippen LogP contribution in [0.4, 0.5) is 0 Å². The van der Waals surface area contributed by atoms with Crippen LogP contribution in [0.2, 0.25) is 0 Å². The Morgan fingerprint density at radius 1 is 1.08 bits per heavy atom. The van der Waals surface area contributed by atoms with Crippen molar-refractivity contribution in [2.75, 3.05) is 0 Å². The molecule has 0 saturated heterocycles. The van der Waals surface area contributed by atoms with Crippen molar-refractivity contribution in [3.05, 3.63) is 83.8 Å². The molecule has 1 amide bonds. The lowest BCUT2D eigenvalue weighted by Crippen LogP contribution is -2.23. The van der Waals surface area contributed by atoms with E-state index in [1.54, 1.807) is 42.9 Å². The van der Waals surface area contributed by atoms with Gasteiger partial charge in [-0.15, -0.1) is 0 Å². The Kier molecular flexibility index (Phi) is 4.59. The number of hydrogen-bond acceptors (Lipinski definition) is 4. The minimum Gasteiger partial charge on any atom is -0.348 e. The highest BCUT2D eigenvalue weighted by atomic mass is 16.1. The zero-order chi connectivity index (χ0) is 16.8. The number of pyridine rings is 2. The zero-order valence-corrected chi connectivity index (χ0v) is 12.8. The summed E-state index contributed by atoms with van der Waals surface area (Å²) in [6, 6.07) is 16.2. The van der Waals surface area contributed by atoms with Gasteiger partial charge >= 0.3 is 0 Å². The molecule has 5 nitrogen and oxygen atoms in total. The van der Waals surface area contributed by atoms with Crippen LogP contribution in [0, 0.1) is 11.3 Å². The Morgan fingerprint density at radius 3 is 2.71 bits per heavy atom. The number of aromatic nitrogens is 2. The summed E-state index contributed by atoms with van der Waals surface area (Å²) in [4.78, 5) is 20.7. The van der Waals surface area contributed by atoms with Crippen LogP contribution >= 0.6 is 0 Å². The zero-order valence-electron chi connectivity index (χ0n) is 12.8. The Hall–Kier alpha value is -3.52. The highest BCUT2D eigenvalue weighted by Crippen LogP contribution is 2.20. The molecular formula is C19H14N4O. The van der Waals surface area contributed by atoms with Gasteiger partial charge in [-0.2, -0.15) is 5.26 Å². The molecule has 5 heteroatoms. The fourth-order valence-electron chi connectivity index (χ4n) is 2.36. The largest absolute Gasteiger partial charge is 0.348 e. The number of hydrogen-bond donors (Lipinski definition) is 1. The molecule has 3 rings (SSSR count). The Labute approximate surface area is 139 Å². The molecule has 116 valence electrons. The molecule has 1 aromatic carbocycles. The summed E-state index contributed by atoms with van der Waals surface area (Å²) < 4.78 is 0. The first-order chi connectivity index (χ1) is 11.8. The van der Waals surface area contributed by atoms with Gasteiger partial charge < -0.3 is 5.32 Å². The van der Waals surface area contributed by atoms with Gasteiger partial charge in [0.2, 0.25) is 0 Å². The number of rotatable bonds is 4. The molecule has 0 aliphatic rings. The number of carbonyl (C=O) groups excluding carboxylic acids is 1. The van der Waals surface area contributed by atoms with E-state index in [1.807, 2.05) is 30.3 Å². The number of nitrogens with one attached hydrogen (secondary N) is 1. The summed E-state index contributed by atoms with van der Waals surface area (Å²) in [5.41, 5.74) is 3.59. The monoisotopic (exact) mass is 314 g/mol. The molecule has 1 N–H and O–H groups in total. The second kappa shape index (κ2) is 7.16. The van der Waals surface area contributed by atoms with E-state index in [0.29, 0.717) is 17.7 Å². The smallest absolute Gasteiger partial charge is 0.251 e. The summed E-state index contributed by atoms with van der Waals surface area (Å²) >= 11 is 0. The molecule has 0 saturated carbocycles. The number of nitrogens with zero attached hydrogens (tertiary/aromatic N) is 3. The Balaban J connectivity index is 1.78. The van der Waals surface area contributed by atoms with Crippen molar-refractivity contribution in [2.45, 2.75) is 6.54 Å². The fourth-order valence-corrected chi connectivity index (χ4v) is 2.36. The minimum atomic E-state index is -0.225. The molecule has 0 atom stereocenters. The Morgan fingerprint density at radius 2 is 1.92 bits per heavy atom. The number of carbonyl (C=O) groups is 1. The van der Waals surface area contributed by atoms with Crippen LogP contribution in [0.1, 0.15) is 21.5 Å². The van der Waals surface area contributed by atoms with Gasteiger partial charge in [0.25, 0.3) is 5.91 Å². The van der Waals surface area contributed by atoms with Crippen LogP contribution in [0.3, 0.4) is 0 Å². The third-order valence-corrected chi connectivity index (χ3v) is 3.54. The molecule has 0 radical (unpaired) electrons. The number of nitriles is 1. The van der Waals surface area contributed by atoms with Crippen molar-refractivity contribution in [1.82, 2.24) is 15.3 Å². The molecule has 24 heavy (non-hydrogen) atoms. The maximum Gasteiger partial charge on any atom is 0.251 e. The van der Waals surface area contributed by atoms with Crippen molar-refractivity contribution in [2.24, 2.45) is 0 Å². The first-order valence-corrected chi connectivity index (χ1v) is 7.40. The van der Waals surface area contributed by atoms with Gasteiger partial charge in [0.15, 0.2) is 0 Å². The molecule has 2 aromatic heterocycles. The van der Waals surface area contributed by atoms with E-state index in [1.165, 1.54) is 0 Å². The first kappa shape index (κ1) is 15.4. The number of benzene rings is 1. The van der Waals surface area contributed by atoms with E-state index >= 15 is 0 Å². The molecule has 0 bridgehead atoms. The van der Waals surface area contributed by atoms with Crippen LogP contribution in [0.25, 0.3) is 11.3 Å². The van der Waals surface area contributed by atoms with Crippen LogP contribution in [0.5, 0.6) is 0 Å².